The molecule has 26 heavy (non-hydrogen) atoms. The second kappa shape index (κ2) is 6.63. The fourth-order valence-electron chi connectivity index (χ4n) is 3.16. The summed E-state index contributed by atoms with van der Waals surface area (Å²) < 4.78 is 18.2. The lowest BCUT2D eigenvalue weighted by Crippen LogP contribution is -2.23. The summed E-state index contributed by atoms with van der Waals surface area (Å²) in [7, 11) is 0. The highest BCUT2D eigenvalue weighted by Gasteiger charge is 2.17. The average molecular weight is 352 g/mol. The Labute approximate surface area is 151 Å². The number of rotatable bonds is 5. The first kappa shape index (κ1) is 16.3. The molecule has 6 heteroatoms. The fraction of sp³-hybridized carbons (Fsp3) is 0.250. The van der Waals surface area contributed by atoms with E-state index in [4.69, 9.17) is 13.9 Å². The van der Waals surface area contributed by atoms with Crippen LogP contribution >= 0.6 is 0 Å². The van der Waals surface area contributed by atoms with Crippen molar-refractivity contribution >= 4 is 5.91 Å². The molecule has 6 nitrogen and oxygen atoms in total. The van der Waals surface area contributed by atoms with Gasteiger partial charge in [0.2, 0.25) is 6.79 Å². The smallest absolute Gasteiger partial charge is 0.253 e. The summed E-state index contributed by atoms with van der Waals surface area (Å²) in [6.45, 7) is 5.22. The number of amides is 1. The van der Waals surface area contributed by atoms with Crippen LogP contribution in [0.25, 0.3) is 0 Å². The molecule has 0 bridgehead atoms. The van der Waals surface area contributed by atoms with Crippen molar-refractivity contribution in [2.75, 3.05) is 6.79 Å². The topological polar surface area (TPSA) is 65.6 Å². The highest BCUT2D eigenvalue weighted by molar-refractivity contribution is 5.95. The molecule has 1 aromatic carbocycles. The van der Waals surface area contributed by atoms with E-state index in [-0.39, 0.29) is 12.7 Å². The van der Waals surface area contributed by atoms with E-state index in [1.165, 1.54) is 0 Å². The van der Waals surface area contributed by atoms with Crippen LogP contribution in [0.3, 0.4) is 0 Å². The zero-order valence-corrected chi connectivity index (χ0v) is 14.7. The molecule has 1 aliphatic heterocycles. The van der Waals surface area contributed by atoms with Crippen LogP contribution in [-0.2, 0) is 13.1 Å². The Morgan fingerprint density at radius 2 is 2.00 bits per heavy atom. The molecule has 3 heterocycles. The van der Waals surface area contributed by atoms with Gasteiger partial charge in [-0.2, -0.15) is 0 Å². The molecule has 0 radical (unpaired) electrons. The Balaban J connectivity index is 1.46. The molecule has 1 aliphatic rings. The molecule has 0 saturated carbocycles. The fourth-order valence-corrected chi connectivity index (χ4v) is 3.16. The minimum Gasteiger partial charge on any atom is -0.467 e. The quantitative estimate of drug-likeness (QED) is 0.764. The minimum atomic E-state index is -0.0959. The van der Waals surface area contributed by atoms with Crippen LogP contribution in [0.15, 0.2) is 47.1 Å². The minimum absolute atomic E-state index is 0.0959. The summed E-state index contributed by atoms with van der Waals surface area (Å²) in [6, 6.07) is 11.4. The molecule has 4 rings (SSSR count). The number of aryl methyl sites for hydroxylation is 1. The van der Waals surface area contributed by atoms with Crippen molar-refractivity contribution in [1.29, 1.82) is 0 Å². The summed E-state index contributed by atoms with van der Waals surface area (Å²) >= 11 is 0. The number of fused-ring (bicyclic) bond motifs is 1. The molecule has 0 unspecified atom stereocenters. The van der Waals surface area contributed by atoms with Crippen LogP contribution in [0.5, 0.6) is 11.5 Å². The molecule has 0 aliphatic carbocycles. The summed E-state index contributed by atoms with van der Waals surface area (Å²) in [5.41, 5.74) is 3.58. The van der Waals surface area contributed by atoms with Crippen molar-refractivity contribution in [2.45, 2.75) is 26.9 Å². The molecule has 3 aromatic rings. The molecule has 0 saturated heterocycles. The standard InChI is InChI=1S/C20H20N2O4/c1-13-8-17(14(2)22(13)11-16-4-3-7-24-16)20(23)21-10-15-5-6-18-19(9-15)26-12-25-18/h3-9H,10-12H2,1-2H3,(H,21,23). The maximum absolute atomic E-state index is 12.6. The van der Waals surface area contributed by atoms with E-state index in [9.17, 15) is 4.79 Å². The maximum atomic E-state index is 12.6. The van der Waals surface area contributed by atoms with Gasteiger partial charge in [-0.15, -0.1) is 0 Å². The molecular formula is C20H20N2O4. The zero-order valence-electron chi connectivity index (χ0n) is 14.7. The first-order chi connectivity index (χ1) is 12.6. The number of aromatic nitrogens is 1. The number of ether oxygens (including phenoxy) is 2. The molecule has 0 fully saturated rings. The van der Waals surface area contributed by atoms with E-state index in [1.54, 1.807) is 6.26 Å². The predicted octanol–water partition coefficient (Wildman–Crippen LogP) is 3.40. The highest BCUT2D eigenvalue weighted by atomic mass is 16.7. The first-order valence-corrected chi connectivity index (χ1v) is 8.47. The monoisotopic (exact) mass is 352 g/mol. The number of nitrogens with zero attached hydrogens (tertiary/aromatic N) is 1. The summed E-state index contributed by atoms with van der Waals surface area (Å²) in [4.78, 5) is 12.6. The van der Waals surface area contributed by atoms with Gasteiger partial charge in [0.25, 0.3) is 5.91 Å². The zero-order chi connectivity index (χ0) is 18.1. The lowest BCUT2D eigenvalue weighted by Gasteiger charge is -2.09. The van der Waals surface area contributed by atoms with Crippen molar-refractivity contribution in [3.63, 3.8) is 0 Å². The van der Waals surface area contributed by atoms with Gasteiger partial charge in [0, 0.05) is 17.9 Å². The third kappa shape index (κ3) is 3.06. The van der Waals surface area contributed by atoms with Crippen molar-refractivity contribution in [2.24, 2.45) is 0 Å². The van der Waals surface area contributed by atoms with Crippen LogP contribution < -0.4 is 14.8 Å². The third-order valence-corrected chi connectivity index (χ3v) is 4.60. The molecule has 2 aromatic heterocycles. The van der Waals surface area contributed by atoms with E-state index in [2.05, 4.69) is 9.88 Å². The number of furan rings is 1. The second-order valence-corrected chi connectivity index (χ2v) is 6.32. The number of hydrogen-bond donors (Lipinski definition) is 1. The van der Waals surface area contributed by atoms with E-state index in [1.807, 2.05) is 50.2 Å². The van der Waals surface area contributed by atoms with Crippen LogP contribution in [-0.4, -0.2) is 17.3 Å². The van der Waals surface area contributed by atoms with Crippen molar-refractivity contribution in [3.8, 4) is 11.5 Å². The summed E-state index contributed by atoms with van der Waals surface area (Å²) in [5, 5.41) is 2.97. The van der Waals surface area contributed by atoms with Gasteiger partial charge in [-0.1, -0.05) is 6.07 Å². The molecule has 1 amide bonds. The number of hydrogen-bond acceptors (Lipinski definition) is 4. The van der Waals surface area contributed by atoms with E-state index < -0.39 is 0 Å². The number of carbonyl (C=O) groups excluding carboxylic acids is 1. The Kier molecular flexibility index (Phi) is 4.16. The summed E-state index contributed by atoms with van der Waals surface area (Å²) in [5.74, 6) is 2.22. The average Bonchev–Trinajstić information content (AvgIpc) is 3.36. The van der Waals surface area contributed by atoms with Crippen molar-refractivity contribution in [1.82, 2.24) is 9.88 Å². The Bertz CT molecular complexity index is 941. The second-order valence-electron chi connectivity index (χ2n) is 6.32. The first-order valence-electron chi connectivity index (χ1n) is 8.47. The van der Waals surface area contributed by atoms with Gasteiger partial charge in [0.15, 0.2) is 11.5 Å². The SMILES string of the molecule is Cc1cc(C(=O)NCc2ccc3c(c2)OCO3)c(C)n1Cc1ccco1. The van der Waals surface area contributed by atoms with Crippen molar-refractivity contribution in [3.05, 3.63) is 70.9 Å². The van der Waals surface area contributed by atoms with Gasteiger partial charge in [0.05, 0.1) is 18.4 Å². The van der Waals surface area contributed by atoms with Gasteiger partial charge in [-0.3, -0.25) is 4.79 Å². The van der Waals surface area contributed by atoms with Gasteiger partial charge in [0.1, 0.15) is 5.76 Å². The molecular weight excluding hydrogens is 332 g/mol. The van der Waals surface area contributed by atoms with Crippen LogP contribution in [0.4, 0.5) is 0 Å². The Hall–Kier alpha value is -3.15. The number of benzene rings is 1. The van der Waals surface area contributed by atoms with E-state index in [0.29, 0.717) is 24.4 Å². The molecule has 0 atom stereocenters. The third-order valence-electron chi connectivity index (χ3n) is 4.60. The number of carbonyl (C=O) groups is 1. The van der Waals surface area contributed by atoms with E-state index >= 15 is 0 Å². The summed E-state index contributed by atoms with van der Waals surface area (Å²) in [6.07, 6.45) is 1.66. The lowest BCUT2D eigenvalue weighted by molar-refractivity contribution is 0.0950. The van der Waals surface area contributed by atoms with Gasteiger partial charge < -0.3 is 23.8 Å². The largest absolute Gasteiger partial charge is 0.467 e. The van der Waals surface area contributed by atoms with Gasteiger partial charge in [-0.25, -0.2) is 0 Å². The Morgan fingerprint density at radius 1 is 1.15 bits per heavy atom. The Morgan fingerprint density at radius 3 is 2.81 bits per heavy atom. The van der Waals surface area contributed by atoms with Crippen LogP contribution in [0.1, 0.15) is 33.1 Å². The van der Waals surface area contributed by atoms with Crippen LogP contribution in [0, 0.1) is 13.8 Å². The predicted molar refractivity (Wildman–Crippen MR) is 95.5 cm³/mol. The van der Waals surface area contributed by atoms with Gasteiger partial charge >= 0.3 is 0 Å². The maximum Gasteiger partial charge on any atom is 0.253 e. The van der Waals surface area contributed by atoms with Crippen LogP contribution in [0.2, 0.25) is 0 Å². The van der Waals surface area contributed by atoms with E-state index in [0.717, 1.165) is 28.5 Å². The molecule has 134 valence electrons. The normalized spacial score (nSPS) is 12.4. The molecule has 1 N–H and O–H groups in total. The van der Waals surface area contributed by atoms with Crippen molar-refractivity contribution < 1.29 is 18.7 Å². The molecule has 0 spiro atoms. The highest BCUT2D eigenvalue weighted by Crippen LogP contribution is 2.32. The van der Waals surface area contributed by atoms with Gasteiger partial charge in [-0.05, 0) is 49.7 Å². The lowest BCUT2D eigenvalue weighted by atomic mass is 10.2. The number of nitrogens with one attached hydrogen (secondary N) is 1.